The van der Waals surface area contributed by atoms with Gasteiger partial charge in [0.2, 0.25) is 5.95 Å². The molecule has 4 rings (SSSR count). The molecule has 31 heavy (non-hydrogen) atoms. The second-order valence-electron chi connectivity index (χ2n) is 6.81. The highest BCUT2D eigenvalue weighted by Crippen LogP contribution is 2.25. The Labute approximate surface area is 179 Å². The zero-order chi connectivity index (χ0) is 21.6. The van der Waals surface area contributed by atoms with E-state index < -0.39 is 4.92 Å². The molecule has 0 amide bonds. The van der Waals surface area contributed by atoms with Crippen molar-refractivity contribution in [1.29, 1.82) is 0 Å². The second kappa shape index (κ2) is 8.96. The predicted octanol–water partition coefficient (Wildman–Crippen LogP) is 5.55. The summed E-state index contributed by atoms with van der Waals surface area (Å²) in [4.78, 5) is 19.8. The molecule has 1 heterocycles. The van der Waals surface area contributed by atoms with Crippen molar-refractivity contribution in [3.05, 3.63) is 107 Å². The zero-order valence-electron chi connectivity index (χ0n) is 16.8. The number of anilines is 1. The van der Waals surface area contributed by atoms with Gasteiger partial charge in [-0.05, 0) is 13.0 Å². The van der Waals surface area contributed by atoms with Crippen molar-refractivity contribution < 1.29 is 4.92 Å². The molecule has 1 aromatic heterocycles. The number of non-ortho nitro benzene ring substituents is 1. The number of nitrogens with zero attached hydrogens (tertiary/aromatic N) is 4. The van der Waals surface area contributed by atoms with E-state index in [1.165, 1.54) is 12.1 Å². The Morgan fingerprint density at radius 2 is 1.42 bits per heavy atom. The first-order chi connectivity index (χ1) is 15.1. The Kier molecular flexibility index (Phi) is 5.75. The van der Waals surface area contributed by atoms with Crippen molar-refractivity contribution in [3.8, 4) is 22.5 Å². The summed E-state index contributed by atoms with van der Waals surface area (Å²) in [5, 5.41) is 15.4. The van der Waals surface area contributed by atoms with Crippen LogP contribution in [-0.2, 0) is 0 Å². The first-order valence-electron chi connectivity index (χ1n) is 9.65. The molecule has 0 unspecified atom stereocenters. The first-order valence-corrected chi connectivity index (χ1v) is 9.65. The predicted molar refractivity (Wildman–Crippen MR) is 122 cm³/mol. The van der Waals surface area contributed by atoms with Crippen molar-refractivity contribution in [2.45, 2.75) is 6.92 Å². The van der Waals surface area contributed by atoms with Gasteiger partial charge in [-0.1, -0.05) is 72.8 Å². The van der Waals surface area contributed by atoms with Crippen LogP contribution in [0.3, 0.4) is 0 Å². The van der Waals surface area contributed by atoms with E-state index in [0.29, 0.717) is 17.2 Å². The number of nitrogens with one attached hydrogen (secondary N) is 1. The van der Waals surface area contributed by atoms with Gasteiger partial charge in [0.25, 0.3) is 5.69 Å². The highest BCUT2D eigenvalue weighted by Gasteiger charge is 2.10. The van der Waals surface area contributed by atoms with Crippen molar-refractivity contribution in [2.75, 3.05) is 5.43 Å². The van der Waals surface area contributed by atoms with Crippen LogP contribution >= 0.6 is 0 Å². The van der Waals surface area contributed by atoms with Crippen LogP contribution in [0.4, 0.5) is 11.6 Å². The maximum Gasteiger partial charge on any atom is 0.270 e. The minimum atomic E-state index is -0.428. The fourth-order valence-electron chi connectivity index (χ4n) is 3.05. The number of aromatic nitrogens is 2. The van der Waals surface area contributed by atoms with Gasteiger partial charge in [-0.15, -0.1) is 0 Å². The van der Waals surface area contributed by atoms with E-state index >= 15 is 0 Å². The van der Waals surface area contributed by atoms with E-state index in [1.54, 1.807) is 19.1 Å². The van der Waals surface area contributed by atoms with E-state index in [9.17, 15) is 10.1 Å². The molecule has 0 atom stereocenters. The number of hydrogen-bond donors (Lipinski definition) is 1. The Morgan fingerprint density at radius 1 is 0.839 bits per heavy atom. The molecular weight excluding hydrogens is 390 g/mol. The molecule has 7 nitrogen and oxygen atoms in total. The molecule has 0 saturated carbocycles. The smallest absolute Gasteiger partial charge is 0.258 e. The summed E-state index contributed by atoms with van der Waals surface area (Å²) in [6.45, 7) is 1.77. The molecule has 0 aliphatic rings. The van der Waals surface area contributed by atoms with Gasteiger partial charge >= 0.3 is 0 Å². The van der Waals surface area contributed by atoms with E-state index in [0.717, 1.165) is 22.5 Å². The fourth-order valence-corrected chi connectivity index (χ4v) is 3.05. The van der Waals surface area contributed by atoms with E-state index in [1.807, 2.05) is 66.7 Å². The van der Waals surface area contributed by atoms with E-state index in [-0.39, 0.29) is 5.69 Å². The van der Waals surface area contributed by atoms with Crippen LogP contribution in [0.15, 0.2) is 96.1 Å². The van der Waals surface area contributed by atoms with Crippen LogP contribution in [0, 0.1) is 10.1 Å². The van der Waals surface area contributed by atoms with Crippen LogP contribution in [0.25, 0.3) is 22.5 Å². The molecule has 0 aliphatic carbocycles. The maximum atomic E-state index is 11.0. The van der Waals surface area contributed by atoms with Gasteiger partial charge in [0.15, 0.2) is 0 Å². The minimum Gasteiger partial charge on any atom is -0.258 e. The summed E-state index contributed by atoms with van der Waals surface area (Å²) in [6.07, 6.45) is 0. The van der Waals surface area contributed by atoms with Crippen molar-refractivity contribution in [2.24, 2.45) is 5.10 Å². The molecule has 152 valence electrons. The number of nitro groups is 1. The van der Waals surface area contributed by atoms with Crippen LogP contribution in [0.5, 0.6) is 0 Å². The third kappa shape index (κ3) is 4.79. The zero-order valence-corrected chi connectivity index (χ0v) is 16.8. The molecule has 0 bridgehead atoms. The summed E-state index contributed by atoms with van der Waals surface area (Å²) in [5.74, 6) is 0.338. The third-order valence-corrected chi connectivity index (χ3v) is 4.66. The summed E-state index contributed by atoms with van der Waals surface area (Å²) in [5.41, 5.74) is 7.60. The highest BCUT2D eigenvalue weighted by molar-refractivity contribution is 5.99. The van der Waals surface area contributed by atoms with Gasteiger partial charge in [0, 0.05) is 28.8 Å². The summed E-state index contributed by atoms with van der Waals surface area (Å²) < 4.78 is 0. The highest BCUT2D eigenvalue weighted by atomic mass is 16.6. The lowest BCUT2D eigenvalue weighted by molar-refractivity contribution is -0.384. The monoisotopic (exact) mass is 409 g/mol. The third-order valence-electron chi connectivity index (χ3n) is 4.66. The van der Waals surface area contributed by atoms with Gasteiger partial charge in [0.1, 0.15) is 0 Å². The molecule has 0 aliphatic heterocycles. The van der Waals surface area contributed by atoms with Gasteiger partial charge in [0.05, 0.1) is 22.0 Å². The number of hydrogen-bond acceptors (Lipinski definition) is 6. The van der Waals surface area contributed by atoms with E-state index in [4.69, 9.17) is 0 Å². The van der Waals surface area contributed by atoms with Crippen molar-refractivity contribution in [3.63, 3.8) is 0 Å². The number of rotatable bonds is 6. The molecule has 1 N–H and O–H groups in total. The molecule has 4 aromatic rings. The number of nitro benzene ring substituents is 1. The molecule has 7 heteroatoms. The Hall–Kier alpha value is -4.39. The van der Waals surface area contributed by atoms with E-state index in [2.05, 4.69) is 20.5 Å². The van der Waals surface area contributed by atoms with Crippen LogP contribution in [0.2, 0.25) is 0 Å². The fraction of sp³-hybridized carbons (Fsp3) is 0.0417. The normalized spacial score (nSPS) is 11.2. The molecule has 0 saturated heterocycles. The number of benzene rings is 3. The first kappa shape index (κ1) is 19.9. The molecule has 3 aromatic carbocycles. The second-order valence-corrected chi connectivity index (χ2v) is 6.81. The van der Waals surface area contributed by atoms with Crippen molar-refractivity contribution >= 4 is 17.3 Å². The van der Waals surface area contributed by atoms with Crippen molar-refractivity contribution in [1.82, 2.24) is 9.97 Å². The summed E-state index contributed by atoms with van der Waals surface area (Å²) >= 11 is 0. The molecule has 0 radical (unpaired) electrons. The maximum absolute atomic E-state index is 11.0. The number of hydrazone groups is 1. The van der Waals surface area contributed by atoms with Gasteiger partial charge in [-0.3, -0.25) is 10.1 Å². The Balaban J connectivity index is 1.70. The Morgan fingerprint density at radius 3 is 1.97 bits per heavy atom. The van der Waals surface area contributed by atoms with Crippen LogP contribution in [0.1, 0.15) is 12.5 Å². The molecular formula is C24H19N5O2. The summed E-state index contributed by atoms with van der Waals surface area (Å²) in [7, 11) is 0. The quantitative estimate of drug-likeness (QED) is 0.256. The average Bonchev–Trinajstić information content (AvgIpc) is 2.83. The van der Waals surface area contributed by atoms with Crippen LogP contribution < -0.4 is 5.43 Å². The van der Waals surface area contributed by atoms with Crippen LogP contribution in [-0.4, -0.2) is 20.6 Å². The standard InChI is InChI=1S/C24H19N5O2/c1-17(20-13-8-14-21(15-20)29(30)31)27-28-24-25-22(18-9-4-2-5-10-18)16-23(26-24)19-11-6-3-7-12-19/h2-16H,1H3,(H,25,26,28). The lowest BCUT2D eigenvalue weighted by atomic mass is 10.1. The van der Waals surface area contributed by atoms with Gasteiger partial charge < -0.3 is 0 Å². The van der Waals surface area contributed by atoms with Gasteiger partial charge in [-0.2, -0.15) is 5.10 Å². The lowest BCUT2D eigenvalue weighted by Gasteiger charge is -2.09. The lowest BCUT2D eigenvalue weighted by Crippen LogP contribution is -2.04. The minimum absolute atomic E-state index is 0.0146. The molecule has 0 spiro atoms. The Bertz CT molecular complexity index is 1180. The summed E-state index contributed by atoms with van der Waals surface area (Å²) in [6, 6.07) is 27.9. The largest absolute Gasteiger partial charge is 0.270 e. The molecule has 0 fully saturated rings. The van der Waals surface area contributed by atoms with Gasteiger partial charge in [-0.25, -0.2) is 15.4 Å². The average molecular weight is 409 g/mol. The topological polar surface area (TPSA) is 93.3 Å². The SMILES string of the molecule is CC(=NNc1nc(-c2ccccc2)cc(-c2ccccc2)n1)c1cccc([N+](=O)[O-])c1.